The Morgan fingerprint density at radius 2 is 0.478 bits per heavy atom. The van der Waals surface area contributed by atoms with E-state index in [0.717, 1.165) is 51.4 Å². The second-order valence-corrected chi connectivity index (χ2v) is 14.3. The average Bonchev–Trinajstić information content (AvgIpc) is 3.05. The van der Waals surface area contributed by atoms with E-state index >= 15 is 0 Å². The van der Waals surface area contributed by atoms with E-state index < -0.39 is 0 Å². The van der Waals surface area contributed by atoms with Gasteiger partial charge in [0, 0.05) is 12.8 Å². The Balaban J connectivity index is 3.22. The fourth-order valence-corrected chi connectivity index (χ4v) is 6.36. The number of esters is 2. The lowest BCUT2D eigenvalue weighted by Gasteiger charge is -2.06. The lowest BCUT2D eigenvalue weighted by atomic mass is 10.0. The predicted molar refractivity (Wildman–Crippen MR) is 199 cm³/mol. The highest BCUT2D eigenvalue weighted by Gasteiger charge is 2.04. The normalized spacial score (nSPS) is 11.3. The second-order valence-electron chi connectivity index (χ2n) is 14.3. The Labute approximate surface area is 288 Å². The molecular weight excluding hydrogens is 568 g/mol. The molecule has 0 heterocycles. The van der Waals surface area contributed by atoms with Crippen LogP contribution in [0.3, 0.4) is 0 Å². The standard InChI is InChI=1S/C42H82O4/c1-3-5-7-9-11-13-15-17-19-21-25-29-33-37-41(43)45-39-35-31-27-23-24-28-32-36-40-46-42(44)38-34-30-26-22-20-18-16-14-12-10-8-6-4-2/h3-40H2,1-2H3. The van der Waals surface area contributed by atoms with Gasteiger partial charge in [0.15, 0.2) is 0 Å². The van der Waals surface area contributed by atoms with Crippen LogP contribution in [0.4, 0.5) is 0 Å². The van der Waals surface area contributed by atoms with E-state index in [1.807, 2.05) is 0 Å². The van der Waals surface area contributed by atoms with Crippen LogP contribution < -0.4 is 0 Å². The van der Waals surface area contributed by atoms with Gasteiger partial charge in [-0.25, -0.2) is 0 Å². The van der Waals surface area contributed by atoms with Crippen LogP contribution >= 0.6 is 0 Å². The molecule has 0 aromatic carbocycles. The Morgan fingerprint density at radius 1 is 0.283 bits per heavy atom. The maximum Gasteiger partial charge on any atom is 0.305 e. The van der Waals surface area contributed by atoms with Gasteiger partial charge in [0.2, 0.25) is 0 Å². The van der Waals surface area contributed by atoms with Crippen LogP contribution in [0.15, 0.2) is 0 Å². The molecule has 0 N–H and O–H groups in total. The molecule has 46 heavy (non-hydrogen) atoms. The van der Waals surface area contributed by atoms with E-state index in [0.29, 0.717) is 26.1 Å². The molecule has 0 saturated carbocycles. The van der Waals surface area contributed by atoms with Crippen LogP contribution in [0.1, 0.15) is 245 Å². The summed E-state index contributed by atoms with van der Waals surface area (Å²) in [5.74, 6) is -0.0127. The van der Waals surface area contributed by atoms with Gasteiger partial charge in [-0.05, 0) is 25.7 Å². The third-order valence-corrected chi connectivity index (χ3v) is 9.53. The maximum atomic E-state index is 11.9. The lowest BCUT2D eigenvalue weighted by Crippen LogP contribution is -2.05. The molecule has 0 aliphatic heterocycles. The fourth-order valence-electron chi connectivity index (χ4n) is 6.36. The Hall–Kier alpha value is -1.06. The Kier molecular flexibility index (Phi) is 39.2. The van der Waals surface area contributed by atoms with Crippen molar-refractivity contribution in [2.75, 3.05) is 13.2 Å². The summed E-state index contributed by atoms with van der Waals surface area (Å²) >= 11 is 0. The van der Waals surface area contributed by atoms with Crippen molar-refractivity contribution in [3.63, 3.8) is 0 Å². The number of hydrogen-bond donors (Lipinski definition) is 0. The quantitative estimate of drug-likeness (QED) is 0.0490. The Morgan fingerprint density at radius 3 is 0.717 bits per heavy atom. The zero-order valence-corrected chi connectivity index (χ0v) is 31.5. The zero-order chi connectivity index (χ0) is 33.4. The first-order chi connectivity index (χ1) is 22.7. The lowest BCUT2D eigenvalue weighted by molar-refractivity contribution is -0.144. The molecule has 0 aliphatic rings. The summed E-state index contributed by atoms with van der Waals surface area (Å²) in [6.07, 6.45) is 44.9. The zero-order valence-electron chi connectivity index (χ0n) is 31.5. The maximum absolute atomic E-state index is 11.9. The van der Waals surface area contributed by atoms with Crippen molar-refractivity contribution in [3.05, 3.63) is 0 Å². The van der Waals surface area contributed by atoms with Gasteiger partial charge >= 0.3 is 11.9 Å². The number of carbonyl (C=O) groups is 2. The van der Waals surface area contributed by atoms with Gasteiger partial charge in [-0.2, -0.15) is 0 Å². The molecule has 0 saturated heterocycles. The molecule has 0 aromatic heterocycles. The first-order valence-corrected chi connectivity index (χ1v) is 21.0. The van der Waals surface area contributed by atoms with Crippen LogP contribution in [0.25, 0.3) is 0 Å². The molecule has 4 heteroatoms. The molecular formula is C42H82O4. The molecule has 4 nitrogen and oxygen atoms in total. The van der Waals surface area contributed by atoms with Gasteiger partial charge in [-0.3, -0.25) is 9.59 Å². The molecule has 0 radical (unpaired) electrons. The van der Waals surface area contributed by atoms with Gasteiger partial charge in [0.05, 0.1) is 13.2 Å². The highest BCUT2D eigenvalue weighted by molar-refractivity contribution is 5.69. The van der Waals surface area contributed by atoms with Crippen molar-refractivity contribution < 1.29 is 19.1 Å². The number of hydrogen-bond acceptors (Lipinski definition) is 4. The van der Waals surface area contributed by atoms with Crippen molar-refractivity contribution in [2.45, 2.75) is 245 Å². The Bertz CT molecular complexity index is 552. The van der Waals surface area contributed by atoms with Crippen molar-refractivity contribution in [1.82, 2.24) is 0 Å². The SMILES string of the molecule is CCCCCCCCCCCCCCCC(=O)OCCCCCCCCCCOC(=O)CCCCCCCCCCCCCCC. The molecule has 0 aliphatic carbocycles. The monoisotopic (exact) mass is 651 g/mol. The van der Waals surface area contributed by atoms with Crippen molar-refractivity contribution >= 4 is 11.9 Å². The molecule has 0 atom stereocenters. The van der Waals surface area contributed by atoms with Gasteiger partial charge in [-0.1, -0.05) is 206 Å². The minimum Gasteiger partial charge on any atom is -0.466 e. The first-order valence-electron chi connectivity index (χ1n) is 21.0. The van der Waals surface area contributed by atoms with Crippen LogP contribution in [0, 0.1) is 0 Å². The number of rotatable bonds is 39. The van der Waals surface area contributed by atoms with Crippen LogP contribution in [-0.2, 0) is 19.1 Å². The summed E-state index contributed by atoms with van der Waals surface area (Å²) < 4.78 is 10.9. The van der Waals surface area contributed by atoms with Crippen molar-refractivity contribution in [2.24, 2.45) is 0 Å². The molecule has 0 spiro atoms. The van der Waals surface area contributed by atoms with Gasteiger partial charge in [-0.15, -0.1) is 0 Å². The van der Waals surface area contributed by atoms with Crippen LogP contribution in [-0.4, -0.2) is 25.2 Å². The smallest absolute Gasteiger partial charge is 0.305 e. The number of unbranched alkanes of at least 4 members (excludes halogenated alkanes) is 31. The van der Waals surface area contributed by atoms with E-state index in [1.165, 1.54) is 167 Å². The minimum atomic E-state index is -0.00637. The molecule has 0 amide bonds. The fraction of sp³-hybridized carbons (Fsp3) is 0.952. The number of ether oxygens (including phenoxy) is 2. The highest BCUT2D eigenvalue weighted by atomic mass is 16.5. The molecule has 0 rings (SSSR count). The van der Waals surface area contributed by atoms with E-state index in [2.05, 4.69) is 13.8 Å². The summed E-state index contributed by atoms with van der Waals surface area (Å²) in [6, 6.07) is 0. The molecule has 274 valence electrons. The average molecular weight is 651 g/mol. The van der Waals surface area contributed by atoms with Gasteiger partial charge in [0.1, 0.15) is 0 Å². The van der Waals surface area contributed by atoms with Crippen molar-refractivity contribution in [3.8, 4) is 0 Å². The number of carbonyl (C=O) groups excluding carboxylic acids is 2. The predicted octanol–water partition coefficient (Wildman–Crippen LogP) is 14.2. The summed E-state index contributed by atoms with van der Waals surface area (Å²) in [4.78, 5) is 23.9. The van der Waals surface area contributed by atoms with Crippen LogP contribution in [0.2, 0.25) is 0 Å². The van der Waals surface area contributed by atoms with E-state index in [-0.39, 0.29) is 11.9 Å². The molecule has 0 bridgehead atoms. The summed E-state index contributed by atoms with van der Waals surface area (Å²) in [6.45, 7) is 5.73. The first kappa shape index (κ1) is 44.9. The summed E-state index contributed by atoms with van der Waals surface area (Å²) in [5, 5.41) is 0. The van der Waals surface area contributed by atoms with Gasteiger partial charge < -0.3 is 9.47 Å². The van der Waals surface area contributed by atoms with E-state index in [4.69, 9.17) is 9.47 Å². The second kappa shape index (κ2) is 40.1. The van der Waals surface area contributed by atoms with Crippen molar-refractivity contribution in [1.29, 1.82) is 0 Å². The molecule has 0 unspecified atom stereocenters. The van der Waals surface area contributed by atoms with Crippen LogP contribution in [0.5, 0.6) is 0 Å². The van der Waals surface area contributed by atoms with E-state index in [9.17, 15) is 9.59 Å². The highest BCUT2D eigenvalue weighted by Crippen LogP contribution is 2.15. The summed E-state index contributed by atoms with van der Waals surface area (Å²) in [7, 11) is 0. The van der Waals surface area contributed by atoms with E-state index in [1.54, 1.807) is 0 Å². The minimum absolute atomic E-state index is 0.00637. The molecule has 0 fully saturated rings. The van der Waals surface area contributed by atoms with Gasteiger partial charge in [0.25, 0.3) is 0 Å². The third kappa shape index (κ3) is 39.1. The topological polar surface area (TPSA) is 52.6 Å². The third-order valence-electron chi connectivity index (χ3n) is 9.53. The summed E-state index contributed by atoms with van der Waals surface area (Å²) in [5.41, 5.74) is 0. The molecule has 0 aromatic rings. The largest absolute Gasteiger partial charge is 0.466 e.